The molecule has 1 aliphatic heterocycles. The number of hydrogen-bond donors (Lipinski definition) is 3. The Balaban J connectivity index is 1.52. The number of piperidine rings is 1. The van der Waals surface area contributed by atoms with E-state index in [1.165, 1.54) is 25.7 Å². The monoisotopic (exact) mass is 393 g/mol. The van der Waals surface area contributed by atoms with Gasteiger partial charge in [-0.05, 0) is 49.3 Å². The van der Waals surface area contributed by atoms with Crippen molar-refractivity contribution in [2.75, 3.05) is 19.6 Å². The molecule has 1 aromatic carbocycles. The maximum Gasteiger partial charge on any atom is 0.234 e. The van der Waals surface area contributed by atoms with Crippen molar-refractivity contribution in [2.24, 2.45) is 17.6 Å². The molecule has 1 saturated carbocycles. The molecule has 4 N–H and O–H groups in total. The molecule has 1 amide bonds. The zero-order valence-electron chi connectivity index (χ0n) is 16.1. The van der Waals surface area contributed by atoms with Crippen molar-refractivity contribution >= 4 is 17.5 Å². The first-order valence-corrected chi connectivity index (χ1v) is 10.5. The number of aliphatic hydroxyl groups excluding tert-OH is 1. The first-order valence-electron chi connectivity index (χ1n) is 10.1. The van der Waals surface area contributed by atoms with Crippen molar-refractivity contribution in [1.29, 1.82) is 0 Å². The third-order valence-corrected chi connectivity index (χ3v) is 6.56. The number of amides is 1. The second-order valence-corrected chi connectivity index (χ2v) is 8.68. The molecule has 1 aliphatic carbocycles. The summed E-state index contributed by atoms with van der Waals surface area (Å²) in [5.41, 5.74) is 6.81. The van der Waals surface area contributed by atoms with E-state index < -0.39 is 6.10 Å². The standard InChI is InChI=1S/C21H32ClN3O2/c1-14(15-6-8-18(22)9-7-15)24-11-19(26)13-25-12-17-5-3-2-4-16(17)10-20(25)21(23)27/h6-9,14,16-17,19-20,24,26H,2-5,10-13H2,1H3,(H2,23,27)/t14?,16?,17?,19?,20-/m0/s1. The number of rotatable bonds is 7. The van der Waals surface area contributed by atoms with Gasteiger partial charge in [0.05, 0.1) is 12.1 Å². The lowest BCUT2D eigenvalue weighted by molar-refractivity contribution is -0.127. The topological polar surface area (TPSA) is 78.6 Å². The molecule has 0 bridgehead atoms. The first kappa shape index (κ1) is 20.6. The summed E-state index contributed by atoms with van der Waals surface area (Å²) in [5, 5.41) is 14.6. The second kappa shape index (κ2) is 9.37. The highest BCUT2D eigenvalue weighted by atomic mass is 35.5. The SMILES string of the molecule is CC(NCC(O)CN1CC2CCCCC2C[C@H]1C(N)=O)c1ccc(Cl)cc1. The minimum absolute atomic E-state index is 0.118. The molecular formula is C21H32ClN3O2. The quantitative estimate of drug-likeness (QED) is 0.665. The number of carbonyl (C=O) groups excluding carboxylic acids is 1. The Morgan fingerprint density at radius 3 is 2.63 bits per heavy atom. The van der Waals surface area contributed by atoms with Crippen molar-refractivity contribution in [2.45, 2.75) is 57.2 Å². The summed E-state index contributed by atoms with van der Waals surface area (Å²) in [5.74, 6) is 1.00. The van der Waals surface area contributed by atoms with Crippen LogP contribution in [0.15, 0.2) is 24.3 Å². The number of nitrogens with zero attached hydrogens (tertiary/aromatic N) is 1. The fraction of sp³-hybridized carbons (Fsp3) is 0.667. The summed E-state index contributed by atoms with van der Waals surface area (Å²) in [4.78, 5) is 14.1. The summed E-state index contributed by atoms with van der Waals surface area (Å²) in [6.07, 6.45) is 5.29. The molecular weight excluding hydrogens is 362 g/mol. The van der Waals surface area contributed by atoms with Crippen LogP contribution in [-0.2, 0) is 4.79 Å². The van der Waals surface area contributed by atoms with E-state index in [4.69, 9.17) is 17.3 Å². The minimum Gasteiger partial charge on any atom is -0.390 e. The van der Waals surface area contributed by atoms with E-state index in [9.17, 15) is 9.90 Å². The number of fused-ring (bicyclic) bond motifs is 1. The summed E-state index contributed by atoms with van der Waals surface area (Å²) in [7, 11) is 0. The van der Waals surface area contributed by atoms with E-state index in [-0.39, 0.29) is 18.0 Å². The fourth-order valence-corrected chi connectivity index (χ4v) is 4.84. The van der Waals surface area contributed by atoms with E-state index in [0.717, 1.165) is 23.6 Å². The molecule has 27 heavy (non-hydrogen) atoms. The molecule has 4 unspecified atom stereocenters. The van der Waals surface area contributed by atoms with Crippen LogP contribution < -0.4 is 11.1 Å². The normalized spacial score (nSPS) is 28.3. The molecule has 1 saturated heterocycles. The number of likely N-dealkylation sites (tertiary alicyclic amines) is 1. The molecule has 0 spiro atoms. The van der Waals surface area contributed by atoms with E-state index in [2.05, 4.69) is 17.1 Å². The summed E-state index contributed by atoms with van der Waals surface area (Å²) in [6, 6.07) is 7.60. The lowest BCUT2D eigenvalue weighted by Crippen LogP contribution is -2.56. The van der Waals surface area contributed by atoms with E-state index in [1.807, 2.05) is 24.3 Å². The van der Waals surface area contributed by atoms with Gasteiger partial charge < -0.3 is 16.2 Å². The van der Waals surface area contributed by atoms with Crippen LogP contribution in [0.4, 0.5) is 0 Å². The van der Waals surface area contributed by atoms with Gasteiger partial charge in [0.15, 0.2) is 0 Å². The molecule has 1 aromatic rings. The predicted octanol–water partition coefficient (Wildman–Crippen LogP) is 2.72. The molecule has 2 aliphatic rings. The van der Waals surface area contributed by atoms with Gasteiger partial charge in [0.25, 0.3) is 0 Å². The van der Waals surface area contributed by atoms with Crippen molar-refractivity contribution < 1.29 is 9.90 Å². The Bertz CT molecular complexity index is 624. The molecule has 2 fully saturated rings. The molecule has 6 heteroatoms. The van der Waals surface area contributed by atoms with E-state index in [1.54, 1.807) is 0 Å². The summed E-state index contributed by atoms with van der Waals surface area (Å²) >= 11 is 5.94. The van der Waals surface area contributed by atoms with Gasteiger partial charge in [-0.2, -0.15) is 0 Å². The zero-order valence-corrected chi connectivity index (χ0v) is 16.9. The van der Waals surface area contributed by atoms with Gasteiger partial charge in [-0.1, -0.05) is 43.0 Å². The number of carbonyl (C=O) groups is 1. The van der Waals surface area contributed by atoms with Crippen LogP contribution in [0.25, 0.3) is 0 Å². The third kappa shape index (κ3) is 5.44. The van der Waals surface area contributed by atoms with Gasteiger partial charge in [0.1, 0.15) is 0 Å². The highest BCUT2D eigenvalue weighted by Crippen LogP contribution is 2.38. The fourth-order valence-electron chi connectivity index (χ4n) is 4.71. The van der Waals surface area contributed by atoms with E-state index >= 15 is 0 Å². The third-order valence-electron chi connectivity index (χ3n) is 6.31. The lowest BCUT2D eigenvalue weighted by Gasteiger charge is -2.45. The van der Waals surface area contributed by atoms with Crippen molar-refractivity contribution in [3.05, 3.63) is 34.9 Å². The second-order valence-electron chi connectivity index (χ2n) is 8.25. The Labute approximate surface area is 167 Å². The molecule has 3 rings (SSSR count). The van der Waals surface area contributed by atoms with Gasteiger partial charge in [-0.15, -0.1) is 0 Å². The van der Waals surface area contributed by atoms with Gasteiger partial charge in [-0.3, -0.25) is 9.69 Å². The smallest absolute Gasteiger partial charge is 0.234 e. The van der Waals surface area contributed by atoms with Gasteiger partial charge >= 0.3 is 0 Å². The number of benzene rings is 1. The molecule has 0 aromatic heterocycles. The molecule has 0 radical (unpaired) electrons. The summed E-state index contributed by atoms with van der Waals surface area (Å²) in [6.45, 7) is 3.90. The largest absolute Gasteiger partial charge is 0.390 e. The number of hydrogen-bond acceptors (Lipinski definition) is 4. The molecule has 5 atom stereocenters. The van der Waals surface area contributed by atoms with Crippen LogP contribution in [0.2, 0.25) is 5.02 Å². The van der Waals surface area contributed by atoms with Gasteiger partial charge in [0, 0.05) is 30.7 Å². The first-order chi connectivity index (χ1) is 12.9. The summed E-state index contributed by atoms with van der Waals surface area (Å²) < 4.78 is 0. The molecule has 1 heterocycles. The maximum absolute atomic E-state index is 12.0. The number of primary amides is 1. The molecule has 150 valence electrons. The van der Waals surface area contributed by atoms with Crippen LogP contribution in [0.1, 0.15) is 50.6 Å². The van der Waals surface area contributed by atoms with Crippen LogP contribution in [-0.4, -0.2) is 47.7 Å². The average Bonchev–Trinajstić information content (AvgIpc) is 2.66. The van der Waals surface area contributed by atoms with Crippen LogP contribution >= 0.6 is 11.6 Å². The van der Waals surface area contributed by atoms with Crippen molar-refractivity contribution in [1.82, 2.24) is 10.2 Å². The van der Waals surface area contributed by atoms with Crippen molar-refractivity contribution in [3.8, 4) is 0 Å². The minimum atomic E-state index is -0.540. The number of nitrogens with one attached hydrogen (secondary N) is 1. The number of halogens is 1. The number of nitrogens with two attached hydrogens (primary N) is 1. The number of β-amino-alcohol motifs (C(OH)–C–C–N with tert-alkyl or cyclic N) is 1. The maximum atomic E-state index is 12.0. The van der Waals surface area contributed by atoms with Gasteiger partial charge in [0.2, 0.25) is 5.91 Å². The van der Waals surface area contributed by atoms with Crippen molar-refractivity contribution in [3.63, 3.8) is 0 Å². The van der Waals surface area contributed by atoms with E-state index in [0.29, 0.717) is 24.9 Å². The van der Waals surface area contributed by atoms with Gasteiger partial charge in [-0.25, -0.2) is 0 Å². The van der Waals surface area contributed by atoms with Crippen LogP contribution in [0.3, 0.4) is 0 Å². The predicted molar refractivity (Wildman–Crippen MR) is 108 cm³/mol. The van der Waals surface area contributed by atoms with Crippen LogP contribution in [0, 0.1) is 11.8 Å². The Kier molecular flexibility index (Phi) is 7.15. The highest BCUT2D eigenvalue weighted by Gasteiger charge is 2.39. The zero-order chi connectivity index (χ0) is 19.4. The Morgan fingerprint density at radius 1 is 1.30 bits per heavy atom. The average molecular weight is 394 g/mol. The Hall–Kier alpha value is -1.14. The number of aliphatic hydroxyl groups is 1. The lowest BCUT2D eigenvalue weighted by atomic mass is 9.72. The highest BCUT2D eigenvalue weighted by molar-refractivity contribution is 6.30. The molecule has 5 nitrogen and oxygen atoms in total. The Morgan fingerprint density at radius 2 is 1.96 bits per heavy atom. The van der Waals surface area contributed by atoms with Crippen LogP contribution in [0.5, 0.6) is 0 Å².